The highest BCUT2D eigenvalue weighted by Gasteiger charge is 2.35. The van der Waals surface area contributed by atoms with Gasteiger partial charge in [-0.15, -0.1) is 0 Å². The number of sulfonamides is 1. The number of hydrogen-bond acceptors (Lipinski definition) is 6. The van der Waals surface area contributed by atoms with Crippen LogP contribution in [0.15, 0.2) is 52.3 Å². The fraction of sp³-hybridized carbons (Fsp3) is 0.368. The Morgan fingerprint density at radius 1 is 1.07 bits per heavy atom. The summed E-state index contributed by atoms with van der Waals surface area (Å²) in [6, 6.07) is 9.97. The molecule has 0 bridgehead atoms. The lowest BCUT2D eigenvalue weighted by atomic mass is 9.74. The third-order valence-corrected chi connectivity index (χ3v) is 7.25. The van der Waals surface area contributed by atoms with Crippen LogP contribution in [0.2, 0.25) is 0 Å². The summed E-state index contributed by atoms with van der Waals surface area (Å²) in [6.07, 6.45) is 2.36. The zero-order valence-corrected chi connectivity index (χ0v) is 17.5. The van der Waals surface area contributed by atoms with E-state index in [1.807, 2.05) is 0 Å². The van der Waals surface area contributed by atoms with E-state index in [0.717, 1.165) is 17.9 Å². The van der Waals surface area contributed by atoms with Crippen LogP contribution in [0.3, 0.4) is 0 Å². The number of hydrogen-bond donors (Lipinski definition) is 2. The standard InChI is InChI=1S/C19H23FN2O5S2/c1-28(23,24)18-12-16(29(21,25)26)6-7-17(18)22-13-19(8-10-27-11-9-19)14-2-4-15(20)5-3-14/h2-7,12,22H,8-11,13H2,1H3,(H2,21,25,26). The van der Waals surface area contributed by atoms with E-state index in [0.29, 0.717) is 32.6 Å². The fourth-order valence-corrected chi connectivity index (χ4v) is 5.03. The first-order valence-electron chi connectivity index (χ1n) is 8.96. The molecular formula is C19H23FN2O5S2. The van der Waals surface area contributed by atoms with Gasteiger partial charge in [0.2, 0.25) is 10.0 Å². The van der Waals surface area contributed by atoms with Crippen molar-refractivity contribution in [3.63, 3.8) is 0 Å². The van der Waals surface area contributed by atoms with Crippen molar-refractivity contribution in [3.8, 4) is 0 Å². The normalized spacial score (nSPS) is 17.1. The summed E-state index contributed by atoms with van der Waals surface area (Å²) >= 11 is 0. The molecule has 2 aromatic rings. The van der Waals surface area contributed by atoms with Crippen LogP contribution >= 0.6 is 0 Å². The van der Waals surface area contributed by atoms with Gasteiger partial charge < -0.3 is 10.1 Å². The van der Waals surface area contributed by atoms with Gasteiger partial charge in [0, 0.05) is 31.4 Å². The van der Waals surface area contributed by atoms with E-state index in [2.05, 4.69) is 5.32 Å². The average Bonchev–Trinajstić information content (AvgIpc) is 2.66. The molecule has 1 heterocycles. The number of halogens is 1. The van der Waals surface area contributed by atoms with Crippen LogP contribution in [-0.2, 0) is 30.0 Å². The molecule has 7 nitrogen and oxygen atoms in total. The molecule has 1 saturated heterocycles. The number of nitrogens with two attached hydrogens (primary N) is 1. The lowest BCUT2D eigenvalue weighted by molar-refractivity contribution is 0.0543. The number of ether oxygens (including phenoxy) is 1. The summed E-state index contributed by atoms with van der Waals surface area (Å²) < 4.78 is 66.5. The molecule has 0 unspecified atom stereocenters. The van der Waals surface area contributed by atoms with Crippen LogP contribution in [-0.4, -0.2) is 42.8 Å². The Hall–Kier alpha value is -2.01. The molecule has 3 N–H and O–H groups in total. The molecule has 1 fully saturated rings. The van der Waals surface area contributed by atoms with Crippen molar-refractivity contribution in [2.75, 3.05) is 31.3 Å². The highest BCUT2D eigenvalue weighted by atomic mass is 32.2. The van der Waals surface area contributed by atoms with Gasteiger partial charge in [-0.25, -0.2) is 26.4 Å². The fourth-order valence-electron chi connectivity index (χ4n) is 3.53. The molecule has 0 atom stereocenters. The quantitative estimate of drug-likeness (QED) is 0.707. The third kappa shape index (κ3) is 4.95. The Bertz CT molecular complexity index is 1090. The summed E-state index contributed by atoms with van der Waals surface area (Å²) in [7, 11) is -7.76. The van der Waals surface area contributed by atoms with E-state index in [-0.39, 0.29) is 26.7 Å². The van der Waals surface area contributed by atoms with Crippen LogP contribution in [0.1, 0.15) is 18.4 Å². The summed E-state index contributed by atoms with van der Waals surface area (Å²) in [5, 5.41) is 8.29. The maximum absolute atomic E-state index is 13.4. The van der Waals surface area contributed by atoms with Gasteiger partial charge in [0.1, 0.15) is 5.82 Å². The Morgan fingerprint density at radius 2 is 1.69 bits per heavy atom. The van der Waals surface area contributed by atoms with Gasteiger partial charge in [0.15, 0.2) is 9.84 Å². The Kier molecular flexibility index (Phi) is 6.00. The lowest BCUT2D eigenvalue weighted by Gasteiger charge is -2.38. The van der Waals surface area contributed by atoms with E-state index in [9.17, 15) is 21.2 Å². The van der Waals surface area contributed by atoms with E-state index in [1.54, 1.807) is 12.1 Å². The molecule has 0 radical (unpaired) electrons. The second-order valence-electron chi connectivity index (χ2n) is 7.23. The highest BCUT2D eigenvalue weighted by molar-refractivity contribution is 7.91. The Balaban J connectivity index is 1.96. The van der Waals surface area contributed by atoms with Gasteiger partial charge >= 0.3 is 0 Å². The zero-order chi connectivity index (χ0) is 21.3. The molecule has 29 heavy (non-hydrogen) atoms. The third-order valence-electron chi connectivity index (χ3n) is 5.20. The highest BCUT2D eigenvalue weighted by Crippen LogP contribution is 2.36. The van der Waals surface area contributed by atoms with Crippen LogP contribution in [0.25, 0.3) is 0 Å². The first-order chi connectivity index (χ1) is 13.5. The molecular weight excluding hydrogens is 419 g/mol. The van der Waals surface area contributed by atoms with E-state index >= 15 is 0 Å². The van der Waals surface area contributed by atoms with Crippen molar-refractivity contribution in [2.45, 2.75) is 28.0 Å². The van der Waals surface area contributed by atoms with Crippen molar-refractivity contribution in [1.82, 2.24) is 0 Å². The molecule has 0 spiro atoms. The summed E-state index contributed by atoms with van der Waals surface area (Å²) in [5.41, 5.74) is 0.837. The van der Waals surface area contributed by atoms with Gasteiger partial charge in [-0.05, 0) is 48.7 Å². The van der Waals surface area contributed by atoms with Crippen molar-refractivity contribution in [2.24, 2.45) is 5.14 Å². The number of sulfone groups is 1. The largest absolute Gasteiger partial charge is 0.383 e. The van der Waals surface area contributed by atoms with Crippen LogP contribution in [0.4, 0.5) is 10.1 Å². The molecule has 0 aromatic heterocycles. The molecule has 2 aromatic carbocycles. The summed E-state index contributed by atoms with van der Waals surface area (Å²) in [6.45, 7) is 1.43. The Labute approximate surface area is 170 Å². The van der Waals surface area contributed by atoms with E-state index in [1.165, 1.54) is 24.3 Å². The smallest absolute Gasteiger partial charge is 0.238 e. The maximum Gasteiger partial charge on any atom is 0.238 e. The molecule has 10 heteroatoms. The number of anilines is 1. The molecule has 0 amide bonds. The number of benzene rings is 2. The molecule has 158 valence electrons. The topological polar surface area (TPSA) is 116 Å². The summed E-state index contributed by atoms with van der Waals surface area (Å²) in [5.74, 6) is -0.332. The second-order valence-corrected chi connectivity index (χ2v) is 10.8. The van der Waals surface area contributed by atoms with Gasteiger partial charge in [-0.3, -0.25) is 0 Å². The predicted molar refractivity (Wildman–Crippen MR) is 108 cm³/mol. The van der Waals surface area contributed by atoms with Gasteiger partial charge in [-0.2, -0.15) is 0 Å². The van der Waals surface area contributed by atoms with Crippen molar-refractivity contribution >= 4 is 25.5 Å². The second kappa shape index (κ2) is 8.02. The van der Waals surface area contributed by atoms with Crippen molar-refractivity contribution in [1.29, 1.82) is 0 Å². The van der Waals surface area contributed by atoms with Crippen LogP contribution in [0.5, 0.6) is 0 Å². The van der Waals surface area contributed by atoms with Crippen molar-refractivity contribution in [3.05, 3.63) is 53.8 Å². The van der Waals surface area contributed by atoms with Crippen molar-refractivity contribution < 1.29 is 26.0 Å². The maximum atomic E-state index is 13.4. The predicted octanol–water partition coefficient (Wildman–Crippen LogP) is 2.04. The molecule has 3 rings (SSSR count). The number of rotatable bonds is 6. The SMILES string of the molecule is CS(=O)(=O)c1cc(S(N)(=O)=O)ccc1NCC1(c2ccc(F)cc2)CCOCC1. The average molecular weight is 443 g/mol. The minimum atomic E-state index is -4.04. The first kappa shape index (κ1) is 21.7. The minimum Gasteiger partial charge on any atom is -0.383 e. The van der Waals surface area contributed by atoms with Crippen LogP contribution in [0, 0.1) is 5.82 Å². The minimum absolute atomic E-state index is 0.148. The summed E-state index contributed by atoms with van der Waals surface area (Å²) in [4.78, 5) is -0.423. The number of primary sulfonamides is 1. The first-order valence-corrected chi connectivity index (χ1v) is 12.4. The molecule has 1 aliphatic heterocycles. The molecule has 0 aliphatic carbocycles. The van der Waals surface area contributed by atoms with Gasteiger partial charge in [-0.1, -0.05) is 12.1 Å². The Morgan fingerprint density at radius 3 is 2.24 bits per heavy atom. The van der Waals surface area contributed by atoms with Gasteiger partial charge in [0.05, 0.1) is 15.5 Å². The zero-order valence-electron chi connectivity index (χ0n) is 15.9. The number of nitrogens with one attached hydrogen (secondary N) is 1. The van der Waals surface area contributed by atoms with Crippen LogP contribution < -0.4 is 10.5 Å². The lowest BCUT2D eigenvalue weighted by Crippen LogP contribution is -2.40. The molecule has 1 aliphatic rings. The molecule has 0 saturated carbocycles. The van der Waals surface area contributed by atoms with E-state index < -0.39 is 19.9 Å². The van der Waals surface area contributed by atoms with E-state index in [4.69, 9.17) is 9.88 Å². The monoisotopic (exact) mass is 442 g/mol. The van der Waals surface area contributed by atoms with Gasteiger partial charge in [0.25, 0.3) is 0 Å².